The fraction of sp³-hybridized carbons (Fsp3) is 0.0833. The molecule has 4 heteroatoms. The smallest absolute Gasteiger partial charge is 0.187 e. The third kappa shape index (κ3) is 2.48. The van der Waals surface area contributed by atoms with Crippen LogP contribution in [0.1, 0.15) is 16.1 Å². The first-order chi connectivity index (χ1) is 7.75. The van der Waals surface area contributed by atoms with Gasteiger partial charge in [0.05, 0.1) is 6.20 Å². The highest BCUT2D eigenvalue weighted by molar-refractivity contribution is 5.95. The van der Waals surface area contributed by atoms with Gasteiger partial charge in [0.25, 0.3) is 0 Å². The Morgan fingerprint density at radius 3 is 2.56 bits per heavy atom. The zero-order valence-corrected chi connectivity index (χ0v) is 8.43. The molecular formula is C12H9FN2O. The number of hydrogen-bond donors (Lipinski definition) is 0. The third-order valence-electron chi connectivity index (χ3n) is 2.13. The van der Waals surface area contributed by atoms with Crippen molar-refractivity contribution in [3.05, 3.63) is 59.9 Å². The number of rotatable bonds is 3. The molecule has 0 unspecified atom stereocenters. The van der Waals surface area contributed by atoms with Gasteiger partial charge < -0.3 is 0 Å². The van der Waals surface area contributed by atoms with Crippen molar-refractivity contribution in [1.82, 2.24) is 9.97 Å². The highest BCUT2D eigenvalue weighted by Gasteiger charge is 2.08. The topological polar surface area (TPSA) is 42.9 Å². The summed E-state index contributed by atoms with van der Waals surface area (Å²) >= 11 is 0. The Bertz CT molecular complexity index is 482. The predicted molar refractivity (Wildman–Crippen MR) is 56.5 cm³/mol. The van der Waals surface area contributed by atoms with E-state index in [4.69, 9.17) is 0 Å². The van der Waals surface area contributed by atoms with Crippen LogP contribution >= 0.6 is 0 Å². The SMILES string of the molecule is O=C(Cc1ccc(F)cc1)c1cnccn1. The minimum Gasteiger partial charge on any atom is -0.292 e. The molecule has 0 aliphatic carbocycles. The Kier molecular flexibility index (Phi) is 3.00. The molecule has 0 bridgehead atoms. The molecule has 16 heavy (non-hydrogen) atoms. The van der Waals surface area contributed by atoms with Gasteiger partial charge in [-0.05, 0) is 17.7 Å². The van der Waals surface area contributed by atoms with E-state index in [1.807, 2.05) is 0 Å². The minimum absolute atomic E-state index is 0.125. The average Bonchev–Trinajstić information content (AvgIpc) is 2.33. The van der Waals surface area contributed by atoms with Crippen molar-refractivity contribution in [3.63, 3.8) is 0 Å². The summed E-state index contributed by atoms with van der Waals surface area (Å²) in [5.74, 6) is -0.435. The van der Waals surface area contributed by atoms with Crippen LogP contribution in [-0.4, -0.2) is 15.8 Å². The van der Waals surface area contributed by atoms with Gasteiger partial charge in [-0.15, -0.1) is 0 Å². The molecule has 80 valence electrons. The Morgan fingerprint density at radius 1 is 1.19 bits per heavy atom. The number of hydrogen-bond acceptors (Lipinski definition) is 3. The molecule has 1 heterocycles. The summed E-state index contributed by atoms with van der Waals surface area (Å²) in [5.41, 5.74) is 1.09. The number of halogens is 1. The molecule has 0 fully saturated rings. The van der Waals surface area contributed by atoms with Crippen molar-refractivity contribution < 1.29 is 9.18 Å². The van der Waals surface area contributed by atoms with Gasteiger partial charge in [0.15, 0.2) is 5.78 Å². The normalized spacial score (nSPS) is 10.1. The molecule has 0 amide bonds. The summed E-state index contributed by atoms with van der Waals surface area (Å²) in [5, 5.41) is 0. The second-order valence-corrected chi connectivity index (χ2v) is 3.32. The van der Waals surface area contributed by atoms with E-state index >= 15 is 0 Å². The van der Waals surface area contributed by atoms with Gasteiger partial charge in [-0.2, -0.15) is 0 Å². The molecule has 0 saturated carbocycles. The maximum absolute atomic E-state index is 12.6. The van der Waals surface area contributed by atoms with E-state index in [1.54, 1.807) is 12.1 Å². The Morgan fingerprint density at radius 2 is 1.94 bits per heavy atom. The van der Waals surface area contributed by atoms with Crippen LogP contribution in [0.4, 0.5) is 4.39 Å². The lowest BCUT2D eigenvalue weighted by molar-refractivity contribution is 0.0988. The van der Waals surface area contributed by atoms with Crippen molar-refractivity contribution >= 4 is 5.78 Å². The molecule has 0 atom stereocenters. The van der Waals surface area contributed by atoms with E-state index in [-0.39, 0.29) is 18.0 Å². The van der Waals surface area contributed by atoms with E-state index in [1.165, 1.54) is 30.7 Å². The Hall–Kier alpha value is -2.10. The van der Waals surface area contributed by atoms with Crippen LogP contribution in [0.3, 0.4) is 0 Å². The first kappa shape index (κ1) is 10.4. The quantitative estimate of drug-likeness (QED) is 0.737. The standard InChI is InChI=1S/C12H9FN2O/c13-10-3-1-9(2-4-10)7-12(16)11-8-14-5-6-15-11/h1-6,8H,7H2. The minimum atomic E-state index is -0.310. The largest absolute Gasteiger partial charge is 0.292 e. The van der Waals surface area contributed by atoms with Crippen LogP contribution in [0.5, 0.6) is 0 Å². The fourth-order valence-corrected chi connectivity index (χ4v) is 1.32. The van der Waals surface area contributed by atoms with E-state index in [2.05, 4.69) is 9.97 Å². The number of nitrogens with zero attached hydrogens (tertiary/aromatic N) is 2. The number of carbonyl (C=O) groups excluding carboxylic acids is 1. The lowest BCUT2D eigenvalue weighted by Gasteiger charge is -1.99. The van der Waals surface area contributed by atoms with Crippen molar-refractivity contribution in [2.45, 2.75) is 6.42 Å². The van der Waals surface area contributed by atoms with Crippen molar-refractivity contribution in [3.8, 4) is 0 Å². The molecule has 0 radical (unpaired) electrons. The fourth-order valence-electron chi connectivity index (χ4n) is 1.32. The monoisotopic (exact) mass is 216 g/mol. The second-order valence-electron chi connectivity index (χ2n) is 3.32. The number of benzene rings is 1. The molecule has 0 aliphatic rings. The zero-order valence-electron chi connectivity index (χ0n) is 8.43. The van der Waals surface area contributed by atoms with Crippen LogP contribution in [0.25, 0.3) is 0 Å². The van der Waals surface area contributed by atoms with E-state index < -0.39 is 0 Å². The van der Waals surface area contributed by atoms with Crippen molar-refractivity contribution in [2.75, 3.05) is 0 Å². The van der Waals surface area contributed by atoms with Gasteiger partial charge >= 0.3 is 0 Å². The molecule has 2 rings (SSSR count). The molecule has 1 aromatic heterocycles. The molecular weight excluding hydrogens is 207 g/mol. The Balaban J connectivity index is 2.11. The number of Topliss-reactive ketones (excluding diaryl/α,β-unsaturated/α-hetero) is 1. The van der Waals surface area contributed by atoms with Gasteiger partial charge in [-0.25, -0.2) is 9.37 Å². The summed E-state index contributed by atoms with van der Waals surface area (Å²) in [7, 11) is 0. The number of ketones is 1. The van der Waals surface area contributed by atoms with Crippen LogP contribution < -0.4 is 0 Å². The molecule has 0 spiro atoms. The summed E-state index contributed by atoms with van der Waals surface area (Å²) in [6, 6.07) is 5.84. The van der Waals surface area contributed by atoms with Gasteiger partial charge in [-0.1, -0.05) is 12.1 Å². The highest BCUT2D eigenvalue weighted by atomic mass is 19.1. The van der Waals surface area contributed by atoms with E-state index in [0.29, 0.717) is 5.69 Å². The first-order valence-electron chi connectivity index (χ1n) is 4.79. The van der Waals surface area contributed by atoms with Gasteiger partial charge in [0.2, 0.25) is 0 Å². The van der Waals surface area contributed by atoms with Crippen LogP contribution in [0.2, 0.25) is 0 Å². The lowest BCUT2D eigenvalue weighted by Crippen LogP contribution is -2.06. The summed E-state index contributed by atoms with van der Waals surface area (Å²) in [6.07, 6.45) is 4.61. The molecule has 0 N–H and O–H groups in total. The molecule has 0 saturated heterocycles. The summed E-state index contributed by atoms with van der Waals surface area (Å²) in [4.78, 5) is 19.4. The lowest BCUT2D eigenvalue weighted by atomic mass is 10.1. The van der Waals surface area contributed by atoms with Gasteiger partial charge in [-0.3, -0.25) is 9.78 Å². The van der Waals surface area contributed by atoms with Gasteiger partial charge in [0.1, 0.15) is 11.5 Å². The predicted octanol–water partition coefficient (Wildman–Crippen LogP) is 2.04. The Labute approximate surface area is 92.0 Å². The maximum atomic E-state index is 12.6. The molecule has 1 aromatic carbocycles. The molecule has 2 aromatic rings. The molecule has 0 aliphatic heterocycles. The molecule has 3 nitrogen and oxygen atoms in total. The van der Waals surface area contributed by atoms with Gasteiger partial charge in [0, 0.05) is 18.8 Å². The maximum Gasteiger partial charge on any atom is 0.187 e. The average molecular weight is 216 g/mol. The van der Waals surface area contributed by atoms with Crippen LogP contribution in [0, 0.1) is 5.82 Å². The zero-order chi connectivity index (χ0) is 11.4. The second kappa shape index (κ2) is 4.61. The van der Waals surface area contributed by atoms with Crippen LogP contribution in [0.15, 0.2) is 42.9 Å². The third-order valence-corrected chi connectivity index (χ3v) is 2.13. The highest BCUT2D eigenvalue weighted by Crippen LogP contribution is 2.06. The van der Waals surface area contributed by atoms with Crippen LogP contribution in [-0.2, 0) is 6.42 Å². The number of aromatic nitrogens is 2. The summed E-state index contributed by atoms with van der Waals surface area (Å²) in [6.45, 7) is 0. The van der Waals surface area contributed by atoms with E-state index in [0.717, 1.165) is 5.56 Å². The van der Waals surface area contributed by atoms with Crippen molar-refractivity contribution in [1.29, 1.82) is 0 Å². The van der Waals surface area contributed by atoms with Crippen molar-refractivity contribution in [2.24, 2.45) is 0 Å². The number of carbonyl (C=O) groups is 1. The summed E-state index contributed by atoms with van der Waals surface area (Å²) < 4.78 is 12.6. The van der Waals surface area contributed by atoms with E-state index in [9.17, 15) is 9.18 Å². The first-order valence-corrected chi connectivity index (χ1v) is 4.79.